The van der Waals surface area contributed by atoms with Crippen LogP contribution in [0, 0.1) is 0 Å². The van der Waals surface area contributed by atoms with Gasteiger partial charge in [-0.3, -0.25) is 0 Å². The second-order valence-corrected chi connectivity index (χ2v) is 4.61. The van der Waals surface area contributed by atoms with E-state index in [1.807, 2.05) is 24.3 Å². The molecule has 1 heterocycles. The van der Waals surface area contributed by atoms with Gasteiger partial charge in [-0.05, 0) is 13.0 Å². The maximum Gasteiger partial charge on any atom is 0.390 e. The lowest BCUT2D eigenvalue weighted by molar-refractivity contribution is -0.139. The van der Waals surface area contributed by atoms with Crippen molar-refractivity contribution in [1.82, 2.24) is 5.32 Å². The summed E-state index contributed by atoms with van der Waals surface area (Å²) >= 11 is 0. The standard InChI is InChI=1S/C13H16F3NO/c1-9(8-13(14,15)16)17-11-6-7-18-12-5-3-2-4-10(11)12/h2-5,9,11,17H,6-8H2,1H3. The Morgan fingerprint density at radius 3 is 2.83 bits per heavy atom. The summed E-state index contributed by atoms with van der Waals surface area (Å²) in [7, 11) is 0. The molecular weight excluding hydrogens is 243 g/mol. The van der Waals surface area contributed by atoms with Crippen LogP contribution in [-0.4, -0.2) is 18.8 Å². The Bertz CT molecular complexity index is 405. The second kappa shape index (κ2) is 5.18. The first-order valence-electron chi connectivity index (χ1n) is 6.00. The van der Waals surface area contributed by atoms with Gasteiger partial charge in [-0.2, -0.15) is 13.2 Å². The average molecular weight is 259 g/mol. The Hall–Kier alpha value is -1.23. The van der Waals surface area contributed by atoms with Crippen LogP contribution >= 0.6 is 0 Å². The van der Waals surface area contributed by atoms with E-state index in [2.05, 4.69) is 5.32 Å². The molecule has 0 aliphatic carbocycles. The van der Waals surface area contributed by atoms with Gasteiger partial charge in [0, 0.05) is 24.1 Å². The van der Waals surface area contributed by atoms with Crippen molar-refractivity contribution in [2.45, 2.75) is 38.0 Å². The number of rotatable bonds is 3. The Balaban J connectivity index is 2.03. The Kier molecular flexibility index (Phi) is 3.80. The van der Waals surface area contributed by atoms with Crippen LogP contribution in [-0.2, 0) is 0 Å². The zero-order chi connectivity index (χ0) is 13.2. The van der Waals surface area contributed by atoms with Gasteiger partial charge in [0.25, 0.3) is 0 Å². The fraction of sp³-hybridized carbons (Fsp3) is 0.538. The van der Waals surface area contributed by atoms with Crippen molar-refractivity contribution in [1.29, 1.82) is 0 Å². The number of alkyl halides is 3. The number of ether oxygens (including phenoxy) is 1. The van der Waals surface area contributed by atoms with Crippen LogP contribution in [0.1, 0.15) is 31.4 Å². The van der Waals surface area contributed by atoms with E-state index in [0.29, 0.717) is 13.0 Å². The molecule has 0 fully saturated rings. The third kappa shape index (κ3) is 3.38. The number of halogens is 3. The maximum atomic E-state index is 12.3. The zero-order valence-electron chi connectivity index (χ0n) is 10.1. The number of benzene rings is 1. The lowest BCUT2D eigenvalue weighted by Gasteiger charge is -2.29. The molecule has 1 aliphatic rings. The van der Waals surface area contributed by atoms with Crippen LogP contribution in [0.25, 0.3) is 0 Å². The van der Waals surface area contributed by atoms with Crippen LogP contribution in [0.2, 0.25) is 0 Å². The van der Waals surface area contributed by atoms with Crippen molar-refractivity contribution in [2.75, 3.05) is 6.61 Å². The van der Waals surface area contributed by atoms with E-state index in [-0.39, 0.29) is 6.04 Å². The lowest BCUT2D eigenvalue weighted by Crippen LogP contribution is -2.36. The van der Waals surface area contributed by atoms with Crippen LogP contribution in [0.5, 0.6) is 5.75 Å². The number of para-hydroxylation sites is 1. The van der Waals surface area contributed by atoms with Crippen molar-refractivity contribution in [3.63, 3.8) is 0 Å². The first-order valence-corrected chi connectivity index (χ1v) is 6.00. The molecule has 2 rings (SSSR count). The quantitative estimate of drug-likeness (QED) is 0.897. The highest BCUT2D eigenvalue weighted by molar-refractivity contribution is 5.37. The van der Waals surface area contributed by atoms with Gasteiger partial charge in [0.05, 0.1) is 13.0 Å². The minimum absolute atomic E-state index is 0.0627. The maximum absolute atomic E-state index is 12.3. The fourth-order valence-corrected chi connectivity index (χ4v) is 2.26. The van der Waals surface area contributed by atoms with Crippen molar-refractivity contribution >= 4 is 0 Å². The summed E-state index contributed by atoms with van der Waals surface area (Å²) in [4.78, 5) is 0. The highest BCUT2D eigenvalue weighted by Crippen LogP contribution is 2.32. The topological polar surface area (TPSA) is 21.3 Å². The highest BCUT2D eigenvalue weighted by Gasteiger charge is 2.31. The third-order valence-electron chi connectivity index (χ3n) is 2.98. The van der Waals surface area contributed by atoms with Crippen molar-refractivity contribution in [3.8, 4) is 5.75 Å². The lowest BCUT2D eigenvalue weighted by atomic mass is 9.99. The molecule has 0 amide bonds. The first-order chi connectivity index (χ1) is 8.46. The Morgan fingerprint density at radius 1 is 1.39 bits per heavy atom. The smallest absolute Gasteiger partial charge is 0.390 e. The molecule has 1 aliphatic heterocycles. The summed E-state index contributed by atoms with van der Waals surface area (Å²) in [6, 6.07) is 6.81. The predicted molar refractivity (Wildman–Crippen MR) is 62.6 cm³/mol. The van der Waals surface area contributed by atoms with Gasteiger partial charge in [0.15, 0.2) is 0 Å². The highest BCUT2D eigenvalue weighted by atomic mass is 19.4. The molecule has 0 bridgehead atoms. The van der Waals surface area contributed by atoms with Gasteiger partial charge < -0.3 is 10.1 Å². The van der Waals surface area contributed by atoms with E-state index < -0.39 is 18.6 Å². The van der Waals surface area contributed by atoms with E-state index >= 15 is 0 Å². The molecule has 18 heavy (non-hydrogen) atoms. The number of nitrogens with one attached hydrogen (secondary N) is 1. The second-order valence-electron chi connectivity index (χ2n) is 4.61. The number of fused-ring (bicyclic) bond motifs is 1. The van der Waals surface area contributed by atoms with Gasteiger partial charge in [-0.1, -0.05) is 18.2 Å². The van der Waals surface area contributed by atoms with E-state index in [1.165, 1.54) is 0 Å². The summed E-state index contributed by atoms with van der Waals surface area (Å²) < 4.78 is 42.3. The summed E-state index contributed by atoms with van der Waals surface area (Å²) in [6.45, 7) is 2.10. The molecule has 1 aromatic carbocycles. The van der Waals surface area contributed by atoms with Crippen molar-refractivity contribution in [3.05, 3.63) is 29.8 Å². The van der Waals surface area contributed by atoms with E-state index in [4.69, 9.17) is 4.74 Å². The molecule has 5 heteroatoms. The van der Waals surface area contributed by atoms with Gasteiger partial charge in [-0.15, -0.1) is 0 Å². The molecule has 2 atom stereocenters. The van der Waals surface area contributed by atoms with Crippen molar-refractivity contribution < 1.29 is 17.9 Å². The predicted octanol–water partition coefficient (Wildman–Crippen LogP) is 3.44. The van der Waals surface area contributed by atoms with E-state index in [1.54, 1.807) is 6.92 Å². The van der Waals surface area contributed by atoms with Crippen molar-refractivity contribution in [2.24, 2.45) is 0 Å². The largest absolute Gasteiger partial charge is 0.493 e. The Morgan fingerprint density at radius 2 is 2.11 bits per heavy atom. The third-order valence-corrected chi connectivity index (χ3v) is 2.98. The van der Waals surface area contributed by atoms with Crippen LogP contribution in [0.4, 0.5) is 13.2 Å². The van der Waals surface area contributed by atoms with Gasteiger partial charge in [0.1, 0.15) is 5.75 Å². The summed E-state index contributed by atoms with van der Waals surface area (Å²) in [5.74, 6) is 0.764. The molecule has 2 unspecified atom stereocenters. The molecule has 0 aromatic heterocycles. The van der Waals surface area contributed by atoms with Crippen LogP contribution < -0.4 is 10.1 Å². The zero-order valence-corrected chi connectivity index (χ0v) is 10.1. The minimum atomic E-state index is -4.13. The number of hydrogen-bond donors (Lipinski definition) is 1. The van der Waals surface area contributed by atoms with Gasteiger partial charge >= 0.3 is 6.18 Å². The van der Waals surface area contributed by atoms with E-state index in [0.717, 1.165) is 11.3 Å². The first kappa shape index (κ1) is 13.2. The van der Waals surface area contributed by atoms with E-state index in [9.17, 15) is 13.2 Å². The molecule has 0 saturated heterocycles. The molecule has 1 N–H and O–H groups in total. The summed E-state index contributed by atoms with van der Waals surface area (Å²) in [5, 5.41) is 3.03. The molecule has 0 saturated carbocycles. The van der Waals surface area contributed by atoms with Crippen LogP contribution in [0.3, 0.4) is 0 Å². The normalized spacial score (nSPS) is 21.0. The van der Waals surface area contributed by atoms with Gasteiger partial charge in [-0.25, -0.2) is 0 Å². The number of hydrogen-bond acceptors (Lipinski definition) is 2. The monoisotopic (exact) mass is 259 g/mol. The molecule has 100 valence electrons. The molecular formula is C13H16F3NO. The fourth-order valence-electron chi connectivity index (χ4n) is 2.26. The van der Waals surface area contributed by atoms with Crippen LogP contribution in [0.15, 0.2) is 24.3 Å². The average Bonchev–Trinajstić information content (AvgIpc) is 2.27. The Labute approximate surface area is 104 Å². The molecule has 0 spiro atoms. The summed E-state index contributed by atoms with van der Waals surface area (Å²) in [6.07, 6.45) is -4.25. The SMILES string of the molecule is CC(CC(F)(F)F)NC1CCOc2ccccc21. The summed E-state index contributed by atoms with van der Waals surface area (Å²) in [5.41, 5.74) is 0.942. The van der Waals surface area contributed by atoms with Gasteiger partial charge in [0.2, 0.25) is 0 Å². The molecule has 1 aromatic rings. The minimum Gasteiger partial charge on any atom is -0.493 e. The molecule has 0 radical (unpaired) electrons. The molecule has 2 nitrogen and oxygen atoms in total.